The number of hydrogen-bond donors (Lipinski definition) is 1. The molecule has 7 heteroatoms. The van der Waals surface area contributed by atoms with Crippen molar-refractivity contribution in [3.8, 4) is 5.95 Å². The molecular formula is C19H18FN5O. The molecule has 0 aliphatic carbocycles. The third kappa shape index (κ3) is 2.65. The lowest BCUT2D eigenvalue weighted by Crippen LogP contribution is -2.25. The van der Waals surface area contributed by atoms with Gasteiger partial charge in [-0.3, -0.25) is 4.79 Å². The molecule has 1 atom stereocenters. The first-order valence-corrected chi connectivity index (χ1v) is 8.40. The van der Waals surface area contributed by atoms with E-state index in [9.17, 15) is 9.18 Å². The topological polar surface area (TPSA) is 72.7 Å². The highest BCUT2D eigenvalue weighted by Gasteiger charge is 2.34. The fourth-order valence-electron chi connectivity index (χ4n) is 3.52. The number of fused-ring (bicyclic) bond motifs is 1. The summed E-state index contributed by atoms with van der Waals surface area (Å²) in [5, 5.41) is 7.40. The Balaban J connectivity index is 1.92. The molecule has 1 aliphatic rings. The number of carbonyl (C=O) groups is 1. The van der Waals surface area contributed by atoms with Crippen molar-refractivity contribution in [3.05, 3.63) is 64.4 Å². The quantitative estimate of drug-likeness (QED) is 0.769. The van der Waals surface area contributed by atoms with E-state index < -0.39 is 0 Å². The number of amides is 1. The van der Waals surface area contributed by atoms with E-state index in [4.69, 9.17) is 0 Å². The zero-order valence-corrected chi connectivity index (χ0v) is 14.7. The van der Waals surface area contributed by atoms with E-state index in [1.54, 1.807) is 18.2 Å². The van der Waals surface area contributed by atoms with Gasteiger partial charge in [-0.05, 0) is 38.5 Å². The van der Waals surface area contributed by atoms with Gasteiger partial charge in [0.05, 0.1) is 5.69 Å². The third-order valence-corrected chi connectivity index (χ3v) is 4.54. The second-order valence-electron chi connectivity index (χ2n) is 6.54. The first kappa shape index (κ1) is 16.4. The van der Waals surface area contributed by atoms with Gasteiger partial charge in [0.1, 0.15) is 11.6 Å². The number of aromatic nitrogens is 4. The summed E-state index contributed by atoms with van der Waals surface area (Å²) < 4.78 is 15.9. The Morgan fingerprint density at radius 3 is 2.54 bits per heavy atom. The normalized spacial score (nSPS) is 16.3. The van der Waals surface area contributed by atoms with Gasteiger partial charge in [-0.25, -0.2) is 14.4 Å². The Morgan fingerprint density at radius 2 is 1.85 bits per heavy atom. The van der Waals surface area contributed by atoms with Gasteiger partial charge in [-0.2, -0.15) is 9.78 Å². The lowest BCUT2D eigenvalue weighted by atomic mass is 9.85. The van der Waals surface area contributed by atoms with Crippen molar-refractivity contribution < 1.29 is 9.18 Å². The van der Waals surface area contributed by atoms with E-state index in [-0.39, 0.29) is 24.1 Å². The molecule has 1 unspecified atom stereocenters. The SMILES string of the molecule is Cc1cc(C)nc(-n2nc(C)c3c2NC(=O)CC3c2ccccc2F)n1. The van der Waals surface area contributed by atoms with Crippen LogP contribution in [0.25, 0.3) is 5.95 Å². The molecule has 3 heterocycles. The minimum Gasteiger partial charge on any atom is -0.310 e. The number of aryl methyl sites for hydroxylation is 3. The fraction of sp³-hybridized carbons (Fsp3) is 0.263. The van der Waals surface area contributed by atoms with Crippen LogP contribution in [0.4, 0.5) is 10.2 Å². The molecule has 0 fully saturated rings. The molecule has 0 bridgehead atoms. The monoisotopic (exact) mass is 351 g/mol. The summed E-state index contributed by atoms with van der Waals surface area (Å²) in [5.41, 5.74) is 3.63. The van der Waals surface area contributed by atoms with Gasteiger partial charge in [0.25, 0.3) is 5.95 Å². The second-order valence-corrected chi connectivity index (χ2v) is 6.54. The molecule has 1 N–H and O–H groups in total. The molecule has 1 aliphatic heterocycles. The van der Waals surface area contributed by atoms with Gasteiger partial charge >= 0.3 is 0 Å². The van der Waals surface area contributed by atoms with Crippen LogP contribution in [0.2, 0.25) is 0 Å². The molecule has 3 aromatic rings. The molecule has 2 aromatic heterocycles. The second kappa shape index (κ2) is 6.01. The highest BCUT2D eigenvalue weighted by molar-refractivity contribution is 5.95. The van der Waals surface area contributed by atoms with Gasteiger partial charge in [0.2, 0.25) is 5.91 Å². The maximum atomic E-state index is 14.4. The number of nitrogens with one attached hydrogen (secondary N) is 1. The summed E-state index contributed by atoms with van der Waals surface area (Å²) in [6.45, 7) is 5.60. The van der Waals surface area contributed by atoms with Crippen LogP contribution in [0.5, 0.6) is 0 Å². The van der Waals surface area contributed by atoms with Crippen LogP contribution < -0.4 is 5.32 Å². The highest BCUT2D eigenvalue weighted by Crippen LogP contribution is 2.40. The predicted molar refractivity (Wildman–Crippen MR) is 94.9 cm³/mol. The molecule has 0 spiro atoms. The van der Waals surface area contributed by atoms with Crippen LogP contribution >= 0.6 is 0 Å². The fourth-order valence-corrected chi connectivity index (χ4v) is 3.52. The Bertz CT molecular complexity index is 1010. The van der Waals surface area contributed by atoms with Crippen LogP contribution in [0.1, 0.15) is 40.5 Å². The van der Waals surface area contributed by atoms with Crippen molar-refractivity contribution >= 4 is 11.7 Å². The predicted octanol–water partition coefficient (Wildman–Crippen LogP) is 3.20. The van der Waals surface area contributed by atoms with Gasteiger partial charge in [0, 0.05) is 29.3 Å². The van der Waals surface area contributed by atoms with Crippen molar-refractivity contribution in [3.63, 3.8) is 0 Å². The summed E-state index contributed by atoms with van der Waals surface area (Å²) in [6.07, 6.45) is 0.175. The molecule has 4 rings (SSSR count). The smallest absolute Gasteiger partial charge is 0.252 e. The zero-order chi connectivity index (χ0) is 18.4. The van der Waals surface area contributed by atoms with E-state index in [1.807, 2.05) is 26.8 Å². The number of carbonyl (C=O) groups excluding carboxylic acids is 1. The van der Waals surface area contributed by atoms with Crippen LogP contribution in [-0.4, -0.2) is 25.7 Å². The summed E-state index contributed by atoms with van der Waals surface area (Å²) in [7, 11) is 0. The number of halogens is 1. The van der Waals surface area contributed by atoms with Crippen LogP contribution in [-0.2, 0) is 4.79 Å². The first-order valence-electron chi connectivity index (χ1n) is 8.40. The van der Waals surface area contributed by atoms with Crippen molar-refractivity contribution in [1.29, 1.82) is 0 Å². The van der Waals surface area contributed by atoms with Crippen molar-refractivity contribution in [2.45, 2.75) is 33.1 Å². The van der Waals surface area contributed by atoms with Crippen molar-refractivity contribution in [2.24, 2.45) is 0 Å². The van der Waals surface area contributed by atoms with E-state index in [0.717, 1.165) is 22.6 Å². The van der Waals surface area contributed by atoms with Gasteiger partial charge < -0.3 is 5.32 Å². The Morgan fingerprint density at radius 1 is 1.15 bits per heavy atom. The van der Waals surface area contributed by atoms with Crippen LogP contribution in [0.15, 0.2) is 30.3 Å². The summed E-state index contributed by atoms with van der Waals surface area (Å²) in [4.78, 5) is 21.2. The Hall–Kier alpha value is -3.09. The number of hydrogen-bond acceptors (Lipinski definition) is 4. The largest absolute Gasteiger partial charge is 0.310 e. The Kier molecular flexibility index (Phi) is 3.79. The molecule has 6 nitrogen and oxygen atoms in total. The molecule has 132 valence electrons. The van der Waals surface area contributed by atoms with Crippen LogP contribution in [0, 0.1) is 26.6 Å². The molecule has 1 aromatic carbocycles. The first-order chi connectivity index (χ1) is 12.4. The van der Waals surface area contributed by atoms with E-state index in [2.05, 4.69) is 20.4 Å². The molecule has 0 saturated carbocycles. The average molecular weight is 351 g/mol. The minimum atomic E-state index is -0.389. The maximum Gasteiger partial charge on any atom is 0.252 e. The number of benzene rings is 1. The molecule has 26 heavy (non-hydrogen) atoms. The van der Waals surface area contributed by atoms with E-state index in [1.165, 1.54) is 10.7 Å². The summed E-state index contributed by atoms with van der Waals surface area (Å²) in [5.74, 6) is 0.00201. The standard InChI is InChI=1S/C19H18FN5O/c1-10-8-11(2)22-19(21-10)25-18-17(12(3)24-25)14(9-16(26)23-18)13-6-4-5-7-15(13)20/h4-8,14H,9H2,1-3H3,(H,23,26). The molecule has 0 radical (unpaired) electrons. The zero-order valence-electron chi connectivity index (χ0n) is 14.7. The summed E-state index contributed by atoms with van der Waals surface area (Å²) in [6, 6.07) is 8.41. The molecule has 0 saturated heterocycles. The third-order valence-electron chi connectivity index (χ3n) is 4.54. The van der Waals surface area contributed by atoms with Gasteiger partial charge in [0.15, 0.2) is 0 Å². The minimum absolute atomic E-state index is 0.175. The number of anilines is 1. The molecule has 1 amide bonds. The lowest BCUT2D eigenvalue weighted by Gasteiger charge is -2.24. The van der Waals surface area contributed by atoms with Gasteiger partial charge in [-0.15, -0.1) is 0 Å². The maximum absolute atomic E-state index is 14.4. The number of rotatable bonds is 2. The summed E-state index contributed by atoms with van der Waals surface area (Å²) >= 11 is 0. The number of nitrogens with zero attached hydrogens (tertiary/aromatic N) is 4. The van der Waals surface area contributed by atoms with Crippen molar-refractivity contribution in [2.75, 3.05) is 5.32 Å². The van der Waals surface area contributed by atoms with E-state index >= 15 is 0 Å². The lowest BCUT2D eigenvalue weighted by molar-refractivity contribution is -0.116. The van der Waals surface area contributed by atoms with Crippen LogP contribution in [0.3, 0.4) is 0 Å². The Labute approximate surface area is 150 Å². The molecular weight excluding hydrogens is 333 g/mol. The van der Waals surface area contributed by atoms with Crippen molar-refractivity contribution in [1.82, 2.24) is 19.7 Å². The van der Waals surface area contributed by atoms with Gasteiger partial charge in [-0.1, -0.05) is 18.2 Å². The van der Waals surface area contributed by atoms with E-state index in [0.29, 0.717) is 17.3 Å². The highest BCUT2D eigenvalue weighted by atomic mass is 19.1. The average Bonchev–Trinajstić information content (AvgIpc) is 2.90.